The summed E-state index contributed by atoms with van der Waals surface area (Å²) in [6, 6.07) is 7.88. The van der Waals surface area contributed by atoms with Crippen LogP contribution >= 0.6 is 0 Å². The number of alkyl halides is 3. The van der Waals surface area contributed by atoms with Gasteiger partial charge in [0.25, 0.3) is 0 Å². The zero-order valence-corrected chi connectivity index (χ0v) is 15.5. The van der Waals surface area contributed by atoms with Gasteiger partial charge < -0.3 is 15.0 Å². The molecule has 1 aliphatic heterocycles. The minimum atomic E-state index is -4.54. The molecule has 2 rings (SSSR count). The Bertz CT molecular complexity index is 639. The lowest BCUT2D eigenvalue weighted by molar-refractivity contribution is -0.162. The maximum absolute atomic E-state index is 12.5. The van der Waals surface area contributed by atoms with Gasteiger partial charge in [-0.1, -0.05) is 36.8 Å². The number of likely N-dealkylation sites (tertiary alicyclic amines) is 1. The number of nitrogens with zero attached hydrogens (tertiary/aromatic N) is 1. The summed E-state index contributed by atoms with van der Waals surface area (Å²) in [6.07, 6.45) is -3.98. The number of carbonyl (C=O) groups excluding carboxylic acids is 2. The van der Waals surface area contributed by atoms with Crippen LogP contribution in [0.2, 0.25) is 0 Å². The standard InChI is InChI=1S/C19H25F3N2O3/c1-3-16(14-6-4-13(2)5-7-14)23-17(25)15-8-10-24(11-9-15)18(26)27-12-19(20,21)22/h4-7,15-16H,3,8-12H2,1-2H3,(H,23,25). The van der Waals surface area contributed by atoms with Gasteiger partial charge in [-0.15, -0.1) is 0 Å². The summed E-state index contributed by atoms with van der Waals surface area (Å²) in [5.41, 5.74) is 2.18. The van der Waals surface area contributed by atoms with Crippen molar-refractivity contribution in [3.05, 3.63) is 35.4 Å². The molecule has 0 aliphatic carbocycles. The number of halogens is 3. The van der Waals surface area contributed by atoms with Crippen molar-refractivity contribution in [2.45, 2.75) is 45.3 Å². The molecule has 0 spiro atoms. The second-order valence-corrected chi connectivity index (χ2v) is 6.81. The molecule has 1 unspecified atom stereocenters. The van der Waals surface area contributed by atoms with Gasteiger partial charge in [-0.3, -0.25) is 4.79 Å². The highest BCUT2D eigenvalue weighted by atomic mass is 19.4. The number of ether oxygens (including phenoxy) is 1. The third kappa shape index (κ3) is 6.45. The molecule has 0 aromatic heterocycles. The van der Waals surface area contributed by atoms with Crippen molar-refractivity contribution in [1.29, 1.82) is 0 Å². The Labute approximate surface area is 156 Å². The molecule has 0 bridgehead atoms. The second-order valence-electron chi connectivity index (χ2n) is 6.81. The molecule has 1 aromatic rings. The number of nitrogens with one attached hydrogen (secondary N) is 1. The minimum Gasteiger partial charge on any atom is -0.440 e. The first-order chi connectivity index (χ1) is 12.7. The Morgan fingerprint density at radius 1 is 1.22 bits per heavy atom. The van der Waals surface area contributed by atoms with Gasteiger partial charge in [0.2, 0.25) is 5.91 Å². The smallest absolute Gasteiger partial charge is 0.422 e. The lowest BCUT2D eigenvalue weighted by Crippen LogP contribution is -2.44. The van der Waals surface area contributed by atoms with E-state index in [4.69, 9.17) is 0 Å². The zero-order valence-electron chi connectivity index (χ0n) is 15.5. The van der Waals surface area contributed by atoms with Crippen molar-refractivity contribution in [1.82, 2.24) is 10.2 Å². The van der Waals surface area contributed by atoms with Crippen molar-refractivity contribution in [3.8, 4) is 0 Å². The molecule has 1 fully saturated rings. The molecule has 1 aliphatic rings. The number of hydrogen-bond acceptors (Lipinski definition) is 3. The van der Waals surface area contributed by atoms with Crippen molar-refractivity contribution in [2.75, 3.05) is 19.7 Å². The third-order valence-corrected chi connectivity index (χ3v) is 4.69. The maximum Gasteiger partial charge on any atom is 0.422 e. The molecule has 150 valence electrons. The topological polar surface area (TPSA) is 58.6 Å². The van der Waals surface area contributed by atoms with Crippen molar-refractivity contribution < 1.29 is 27.5 Å². The Morgan fingerprint density at radius 3 is 2.33 bits per heavy atom. The molecule has 1 saturated heterocycles. The van der Waals surface area contributed by atoms with Crippen LogP contribution in [-0.4, -0.2) is 42.8 Å². The number of hydrogen-bond donors (Lipinski definition) is 1. The number of aryl methyl sites for hydroxylation is 1. The Balaban J connectivity index is 1.83. The number of carbonyl (C=O) groups is 2. The van der Waals surface area contributed by atoms with Crippen LogP contribution in [0.1, 0.15) is 43.4 Å². The van der Waals surface area contributed by atoms with E-state index in [0.29, 0.717) is 12.8 Å². The highest BCUT2D eigenvalue weighted by Crippen LogP contribution is 2.23. The van der Waals surface area contributed by atoms with Crippen molar-refractivity contribution >= 4 is 12.0 Å². The van der Waals surface area contributed by atoms with Crippen LogP contribution in [0.4, 0.5) is 18.0 Å². The van der Waals surface area contributed by atoms with Crippen LogP contribution in [0.25, 0.3) is 0 Å². The van der Waals surface area contributed by atoms with Crippen LogP contribution in [-0.2, 0) is 9.53 Å². The average molecular weight is 386 g/mol. The van der Waals surface area contributed by atoms with Gasteiger partial charge in [0.05, 0.1) is 6.04 Å². The Hall–Kier alpha value is -2.25. The van der Waals surface area contributed by atoms with E-state index in [2.05, 4.69) is 10.1 Å². The van der Waals surface area contributed by atoms with E-state index in [1.165, 1.54) is 4.90 Å². The van der Waals surface area contributed by atoms with Crippen LogP contribution in [0, 0.1) is 12.8 Å². The summed E-state index contributed by atoms with van der Waals surface area (Å²) in [6.45, 7) is 2.80. The molecule has 1 N–H and O–H groups in total. The molecule has 0 radical (unpaired) electrons. The van der Waals surface area contributed by atoms with Gasteiger partial charge >= 0.3 is 12.3 Å². The Morgan fingerprint density at radius 2 is 1.81 bits per heavy atom. The van der Waals surface area contributed by atoms with Gasteiger partial charge in [0.1, 0.15) is 0 Å². The van der Waals surface area contributed by atoms with Gasteiger partial charge in [0.15, 0.2) is 6.61 Å². The van der Waals surface area contributed by atoms with Crippen molar-refractivity contribution in [2.24, 2.45) is 5.92 Å². The van der Waals surface area contributed by atoms with E-state index in [-0.39, 0.29) is 31.0 Å². The summed E-state index contributed by atoms with van der Waals surface area (Å²) in [5.74, 6) is -0.359. The molecular formula is C19H25F3N2O3. The van der Waals surface area contributed by atoms with Gasteiger partial charge in [-0.05, 0) is 31.7 Å². The number of amides is 2. The van der Waals surface area contributed by atoms with E-state index >= 15 is 0 Å². The summed E-state index contributed by atoms with van der Waals surface area (Å²) in [4.78, 5) is 25.4. The SMILES string of the molecule is CCC(NC(=O)C1CCN(C(=O)OCC(F)(F)F)CC1)c1ccc(C)cc1. The van der Waals surface area contributed by atoms with E-state index < -0.39 is 18.9 Å². The normalized spacial score (nSPS) is 16.7. The average Bonchev–Trinajstić information content (AvgIpc) is 2.64. The fourth-order valence-electron chi connectivity index (χ4n) is 3.07. The fraction of sp³-hybridized carbons (Fsp3) is 0.579. The lowest BCUT2D eigenvalue weighted by atomic mass is 9.94. The van der Waals surface area contributed by atoms with Crippen LogP contribution in [0.15, 0.2) is 24.3 Å². The minimum absolute atomic E-state index is 0.0899. The first kappa shape index (κ1) is 21.1. The molecule has 5 nitrogen and oxygen atoms in total. The number of piperidine rings is 1. The Kier molecular flexibility index (Phi) is 7.10. The van der Waals surface area contributed by atoms with E-state index in [1.54, 1.807) is 0 Å². The third-order valence-electron chi connectivity index (χ3n) is 4.69. The van der Waals surface area contributed by atoms with E-state index in [9.17, 15) is 22.8 Å². The molecule has 27 heavy (non-hydrogen) atoms. The van der Waals surface area contributed by atoms with Crippen LogP contribution < -0.4 is 5.32 Å². The number of rotatable bonds is 5. The number of benzene rings is 1. The lowest BCUT2D eigenvalue weighted by Gasteiger charge is -2.31. The highest BCUT2D eigenvalue weighted by Gasteiger charge is 2.33. The van der Waals surface area contributed by atoms with Gasteiger partial charge in [-0.2, -0.15) is 13.2 Å². The molecule has 1 heterocycles. The first-order valence-corrected chi connectivity index (χ1v) is 9.05. The molecule has 8 heteroatoms. The maximum atomic E-state index is 12.5. The van der Waals surface area contributed by atoms with Gasteiger partial charge in [0, 0.05) is 19.0 Å². The monoisotopic (exact) mass is 386 g/mol. The first-order valence-electron chi connectivity index (χ1n) is 9.05. The van der Waals surface area contributed by atoms with E-state index in [0.717, 1.165) is 17.5 Å². The summed E-state index contributed by atoms with van der Waals surface area (Å²) in [7, 11) is 0. The van der Waals surface area contributed by atoms with Crippen LogP contribution in [0.3, 0.4) is 0 Å². The summed E-state index contributed by atoms with van der Waals surface area (Å²) in [5, 5.41) is 3.04. The zero-order chi connectivity index (χ0) is 20.0. The van der Waals surface area contributed by atoms with Crippen molar-refractivity contribution in [3.63, 3.8) is 0 Å². The quantitative estimate of drug-likeness (QED) is 0.833. The predicted octanol–water partition coefficient (Wildman–Crippen LogP) is 3.97. The largest absolute Gasteiger partial charge is 0.440 e. The van der Waals surface area contributed by atoms with E-state index in [1.807, 2.05) is 38.1 Å². The molecular weight excluding hydrogens is 361 g/mol. The predicted molar refractivity (Wildman–Crippen MR) is 94.1 cm³/mol. The van der Waals surface area contributed by atoms with Crippen LogP contribution in [0.5, 0.6) is 0 Å². The molecule has 1 atom stereocenters. The summed E-state index contributed by atoms with van der Waals surface area (Å²) < 4.78 is 40.6. The highest BCUT2D eigenvalue weighted by molar-refractivity contribution is 5.79. The molecule has 1 aromatic carbocycles. The fourth-order valence-corrected chi connectivity index (χ4v) is 3.07. The molecule has 2 amide bonds. The van der Waals surface area contributed by atoms with Gasteiger partial charge in [-0.25, -0.2) is 4.79 Å². The summed E-state index contributed by atoms with van der Waals surface area (Å²) >= 11 is 0. The second kappa shape index (κ2) is 9.10. The molecule has 0 saturated carbocycles.